The van der Waals surface area contributed by atoms with E-state index < -0.39 is 17.2 Å². The molecule has 6 heteroatoms. The molecule has 2 rings (SSSR count). The summed E-state index contributed by atoms with van der Waals surface area (Å²) in [5.41, 5.74) is -0.169. The number of anilines is 1. The first-order valence-corrected chi connectivity index (χ1v) is 8.36. The third kappa shape index (κ3) is 4.82. The molecule has 134 valence electrons. The summed E-state index contributed by atoms with van der Waals surface area (Å²) in [5, 5.41) is 2.93. The Balaban J connectivity index is 2.04. The van der Waals surface area contributed by atoms with Gasteiger partial charge in [-0.3, -0.25) is 0 Å². The average molecular weight is 340 g/mol. The van der Waals surface area contributed by atoms with E-state index in [0.29, 0.717) is 13.1 Å². The first-order valence-electron chi connectivity index (χ1n) is 8.36. The summed E-state index contributed by atoms with van der Waals surface area (Å²) < 4.78 is 33.0. The second-order valence-corrected chi connectivity index (χ2v) is 7.29. The number of likely N-dealkylation sites (tertiary alicyclic amines) is 1. The molecule has 1 atom stereocenters. The number of halogens is 2. The number of hydrogen-bond acceptors (Lipinski definition) is 3. The van der Waals surface area contributed by atoms with E-state index in [2.05, 4.69) is 5.32 Å². The van der Waals surface area contributed by atoms with Crippen LogP contribution in [0.5, 0.6) is 0 Å². The number of amides is 1. The summed E-state index contributed by atoms with van der Waals surface area (Å²) in [6.07, 6.45) is 2.37. The van der Waals surface area contributed by atoms with Crippen molar-refractivity contribution in [3.05, 3.63) is 29.3 Å². The summed E-state index contributed by atoms with van der Waals surface area (Å²) in [6, 6.07) is 2.23. The van der Waals surface area contributed by atoms with E-state index in [4.69, 9.17) is 4.74 Å². The molecule has 0 radical (unpaired) electrons. The van der Waals surface area contributed by atoms with E-state index in [9.17, 15) is 13.6 Å². The van der Waals surface area contributed by atoms with Crippen LogP contribution in [0.1, 0.15) is 45.6 Å². The van der Waals surface area contributed by atoms with Crippen molar-refractivity contribution in [2.45, 2.75) is 58.6 Å². The fraction of sp³-hybridized carbons (Fsp3) is 0.611. The van der Waals surface area contributed by atoms with Gasteiger partial charge >= 0.3 is 6.09 Å². The number of aryl methyl sites for hydroxylation is 1. The van der Waals surface area contributed by atoms with Gasteiger partial charge in [0.25, 0.3) is 0 Å². The molecule has 4 nitrogen and oxygen atoms in total. The molecule has 0 aliphatic carbocycles. The Morgan fingerprint density at radius 3 is 2.67 bits per heavy atom. The maximum Gasteiger partial charge on any atom is 0.410 e. The quantitative estimate of drug-likeness (QED) is 0.882. The van der Waals surface area contributed by atoms with Gasteiger partial charge in [-0.05, 0) is 58.6 Å². The van der Waals surface area contributed by atoms with Gasteiger partial charge in [0.1, 0.15) is 17.2 Å². The zero-order chi connectivity index (χ0) is 17.9. The highest BCUT2D eigenvalue weighted by Gasteiger charge is 2.30. The molecule has 1 fully saturated rings. The van der Waals surface area contributed by atoms with Crippen molar-refractivity contribution >= 4 is 11.8 Å². The molecule has 1 aliphatic rings. The van der Waals surface area contributed by atoms with Gasteiger partial charge in [-0.2, -0.15) is 0 Å². The second kappa shape index (κ2) is 7.36. The molecule has 1 unspecified atom stereocenters. The molecular weight excluding hydrogens is 314 g/mol. The van der Waals surface area contributed by atoms with Crippen molar-refractivity contribution in [2.24, 2.45) is 0 Å². The van der Waals surface area contributed by atoms with Crippen LogP contribution in [0.4, 0.5) is 19.3 Å². The monoisotopic (exact) mass is 340 g/mol. The first-order chi connectivity index (χ1) is 11.2. The molecule has 1 aliphatic heterocycles. The van der Waals surface area contributed by atoms with E-state index in [-0.39, 0.29) is 23.4 Å². The standard InChI is InChI=1S/C18H26F2N2O2/c1-12-9-15(20)16(10-14(12)19)21-11-13-7-5-6-8-22(13)17(23)24-18(2,3)4/h9-10,13,21H,5-8,11H2,1-4H3. The highest BCUT2D eigenvalue weighted by atomic mass is 19.1. The normalized spacial score (nSPS) is 18.4. The minimum Gasteiger partial charge on any atom is -0.444 e. The van der Waals surface area contributed by atoms with Crippen molar-refractivity contribution in [3.63, 3.8) is 0 Å². The van der Waals surface area contributed by atoms with Gasteiger partial charge in [0.05, 0.1) is 11.7 Å². The van der Waals surface area contributed by atoms with Crippen LogP contribution < -0.4 is 5.32 Å². The minimum absolute atomic E-state index is 0.0997. The largest absolute Gasteiger partial charge is 0.444 e. The molecule has 0 aromatic heterocycles. The molecule has 1 saturated heterocycles. The molecule has 0 spiro atoms. The molecule has 1 aromatic carbocycles. The predicted molar refractivity (Wildman–Crippen MR) is 90.2 cm³/mol. The van der Waals surface area contributed by atoms with Crippen molar-refractivity contribution in [1.82, 2.24) is 4.90 Å². The Morgan fingerprint density at radius 2 is 2.00 bits per heavy atom. The number of nitrogens with one attached hydrogen (secondary N) is 1. The van der Waals surface area contributed by atoms with Crippen LogP contribution in [0.3, 0.4) is 0 Å². The molecule has 24 heavy (non-hydrogen) atoms. The van der Waals surface area contributed by atoms with Gasteiger partial charge < -0.3 is 15.0 Å². The van der Waals surface area contributed by atoms with Gasteiger partial charge in [-0.15, -0.1) is 0 Å². The fourth-order valence-electron chi connectivity index (χ4n) is 2.78. The van der Waals surface area contributed by atoms with E-state index in [1.54, 1.807) is 4.90 Å². The topological polar surface area (TPSA) is 41.6 Å². The lowest BCUT2D eigenvalue weighted by Crippen LogP contribution is -2.48. The lowest BCUT2D eigenvalue weighted by Gasteiger charge is -2.37. The Hall–Kier alpha value is -1.85. The van der Waals surface area contributed by atoms with E-state index >= 15 is 0 Å². The Morgan fingerprint density at radius 1 is 1.29 bits per heavy atom. The van der Waals surface area contributed by atoms with E-state index in [1.165, 1.54) is 13.0 Å². The van der Waals surface area contributed by atoms with Crippen LogP contribution in [0.15, 0.2) is 12.1 Å². The van der Waals surface area contributed by atoms with Crippen LogP contribution in [0, 0.1) is 18.6 Å². The lowest BCUT2D eigenvalue weighted by molar-refractivity contribution is 0.0114. The Labute approximate surface area is 142 Å². The predicted octanol–water partition coefficient (Wildman–Crippen LogP) is 4.47. The highest BCUT2D eigenvalue weighted by Crippen LogP contribution is 2.23. The smallest absolute Gasteiger partial charge is 0.410 e. The summed E-state index contributed by atoms with van der Waals surface area (Å²) in [6.45, 7) is 7.98. The van der Waals surface area contributed by atoms with Gasteiger partial charge in [-0.25, -0.2) is 13.6 Å². The van der Waals surface area contributed by atoms with E-state index in [1.807, 2.05) is 20.8 Å². The molecule has 0 saturated carbocycles. The first kappa shape index (κ1) is 18.5. The van der Waals surface area contributed by atoms with Crippen LogP contribution in [0.25, 0.3) is 0 Å². The molecule has 1 N–H and O–H groups in total. The number of benzene rings is 1. The molecule has 1 heterocycles. The van der Waals surface area contributed by atoms with Gasteiger partial charge in [-0.1, -0.05) is 0 Å². The van der Waals surface area contributed by atoms with Gasteiger partial charge in [0, 0.05) is 19.2 Å². The van der Waals surface area contributed by atoms with Crippen LogP contribution in [-0.4, -0.2) is 35.7 Å². The van der Waals surface area contributed by atoms with Gasteiger partial charge in [0.2, 0.25) is 0 Å². The van der Waals surface area contributed by atoms with Crippen molar-refractivity contribution < 1.29 is 18.3 Å². The number of rotatable bonds is 3. The third-order valence-electron chi connectivity index (χ3n) is 4.03. The summed E-state index contributed by atoms with van der Waals surface area (Å²) in [5.74, 6) is -0.944. The Bertz CT molecular complexity index is 599. The summed E-state index contributed by atoms with van der Waals surface area (Å²) in [4.78, 5) is 14.0. The molecule has 1 amide bonds. The highest BCUT2D eigenvalue weighted by molar-refractivity contribution is 5.68. The number of nitrogens with zero attached hydrogens (tertiary/aromatic N) is 1. The molecule has 1 aromatic rings. The van der Waals surface area contributed by atoms with Crippen molar-refractivity contribution in [3.8, 4) is 0 Å². The summed E-state index contributed by atoms with van der Waals surface area (Å²) >= 11 is 0. The number of piperidine rings is 1. The fourth-order valence-corrected chi connectivity index (χ4v) is 2.78. The maximum absolute atomic E-state index is 13.9. The van der Waals surface area contributed by atoms with Crippen molar-refractivity contribution in [2.75, 3.05) is 18.4 Å². The second-order valence-electron chi connectivity index (χ2n) is 7.29. The zero-order valence-electron chi connectivity index (χ0n) is 14.8. The summed E-state index contributed by atoms with van der Waals surface area (Å²) in [7, 11) is 0. The van der Waals surface area contributed by atoms with Crippen LogP contribution in [0.2, 0.25) is 0 Å². The minimum atomic E-state index is -0.557. The van der Waals surface area contributed by atoms with Gasteiger partial charge in [0.15, 0.2) is 0 Å². The molecular formula is C18H26F2N2O2. The Kier molecular flexibility index (Phi) is 5.67. The average Bonchev–Trinajstić information content (AvgIpc) is 2.48. The maximum atomic E-state index is 13.9. The lowest BCUT2D eigenvalue weighted by atomic mass is 10.0. The molecule has 0 bridgehead atoms. The third-order valence-corrected chi connectivity index (χ3v) is 4.03. The van der Waals surface area contributed by atoms with Crippen LogP contribution in [-0.2, 0) is 4.74 Å². The van der Waals surface area contributed by atoms with Crippen LogP contribution >= 0.6 is 0 Å². The SMILES string of the molecule is Cc1cc(F)c(NCC2CCCCN2C(=O)OC(C)(C)C)cc1F. The number of carbonyl (C=O) groups is 1. The number of carbonyl (C=O) groups excluding carboxylic acids is 1. The van der Waals surface area contributed by atoms with Crippen molar-refractivity contribution in [1.29, 1.82) is 0 Å². The number of ether oxygens (including phenoxy) is 1. The van der Waals surface area contributed by atoms with E-state index in [0.717, 1.165) is 25.3 Å². The zero-order valence-corrected chi connectivity index (χ0v) is 14.8. The number of hydrogen-bond donors (Lipinski definition) is 1.